The molecule has 130 valence electrons. The quantitative estimate of drug-likeness (QED) is 0.624. The summed E-state index contributed by atoms with van der Waals surface area (Å²) in [4.78, 5) is 15.2. The molecule has 3 aromatic rings. The Hall–Kier alpha value is -2.30. The van der Waals surface area contributed by atoms with E-state index in [4.69, 9.17) is 11.6 Å². The maximum Gasteiger partial charge on any atom is 0.277 e. The number of likely N-dealkylation sites (N-methyl/N-ethyl adjacent to an activating group) is 1. The lowest BCUT2D eigenvalue weighted by molar-refractivity contribution is -0.674. The van der Waals surface area contributed by atoms with Crippen LogP contribution < -0.4 is 10.6 Å². The van der Waals surface area contributed by atoms with E-state index in [1.807, 2.05) is 37.3 Å². The van der Waals surface area contributed by atoms with Crippen molar-refractivity contribution in [2.75, 3.05) is 13.6 Å². The molecule has 0 unspecified atom stereocenters. The van der Waals surface area contributed by atoms with Gasteiger partial charge in [-0.15, -0.1) is 0 Å². The molecule has 4 nitrogen and oxygen atoms in total. The molecule has 0 aliphatic heterocycles. The topological polar surface area (TPSA) is 61.5 Å². The van der Waals surface area contributed by atoms with Gasteiger partial charge >= 0.3 is 0 Å². The van der Waals surface area contributed by atoms with E-state index in [0.29, 0.717) is 0 Å². The van der Waals surface area contributed by atoms with E-state index in [0.717, 1.165) is 22.6 Å². The molecule has 1 amide bonds. The summed E-state index contributed by atoms with van der Waals surface area (Å²) in [5.74, 6) is 0.119. The number of nitrogens with one attached hydrogen (secondary N) is 2. The number of quaternary nitrogens is 1. The van der Waals surface area contributed by atoms with Crippen molar-refractivity contribution in [3.8, 4) is 0 Å². The summed E-state index contributed by atoms with van der Waals surface area (Å²) >= 11 is 6.49. The number of aromatic amines is 1. The Labute approximate surface area is 152 Å². The van der Waals surface area contributed by atoms with Crippen molar-refractivity contribution in [3.05, 3.63) is 70.9 Å². The highest BCUT2D eigenvalue weighted by molar-refractivity contribution is 6.31. The molecule has 0 saturated carbocycles. The smallest absolute Gasteiger partial charge is 0.277 e. The Morgan fingerprint density at radius 1 is 1.16 bits per heavy atom. The lowest BCUT2D eigenvalue weighted by atomic mass is 9.90. The van der Waals surface area contributed by atoms with Gasteiger partial charge in [0, 0.05) is 29.2 Å². The number of carbonyl (C=O) groups is 1. The molecular weight excluding hydrogens is 334 g/mol. The van der Waals surface area contributed by atoms with Crippen LogP contribution in [0.4, 0.5) is 0 Å². The van der Waals surface area contributed by atoms with Gasteiger partial charge in [-0.3, -0.25) is 4.79 Å². The molecule has 0 bridgehead atoms. The molecule has 0 fully saturated rings. The van der Waals surface area contributed by atoms with Crippen LogP contribution in [0.3, 0.4) is 0 Å². The molecular formula is C20H23ClN3O+. The fourth-order valence-corrected chi connectivity index (χ4v) is 3.50. The first-order chi connectivity index (χ1) is 12.1. The highest BCUT2D eigenvalue weighted by atomic mass is 35.5. The van der Waals surface area contributed by atoms with Crippen molar-refractivity contribution in [1.29, 1.82) is 0 Å². The number of H-pyrrole nitrogens is 1. The molecule has 3 rings (SSSR count). The van der Waals surface area contributed by atoms with Gasteiger partial charge in [0.1, 0.15) is 0 Å². The second-order valence-electron chi connectivity index (χ2n) is 6.24. The summed E-state index contributed by atoms with van der Waals surface area (Å²) in [6, 6.07) is 16.0. The molecule has 0 spiro atoms. The number of fused-ring (bicyclic) bond motifs is 1. The predicted molar refractivity (Wildman–Crippen MR) is 102 cm³/mol. The van der Waals surface area contributed by atoms with Crippen LogP contribution >= 0.6 is 11.6 Å². The fourth-order valence-electron chi connectivity index (χ4n) is 3.24. The average molecular weight is 357 g/mol. The van der Waals surface area contributed by atoms with Gasteiger partial charge in [-0.25, -0.2) is 0 Å². The first kappa shape index (κ1) is 17.5. The minimum Gasteiger partial charge on any atom is -0.361 e. The fraction of sp³-hybridized carbons (Fsp3) is 0.250. The van der Waals surface area contributed by atoms with Crippen LogP contribution in [0, 0.1) is 0 Å². The molecule has 1 heterocycles. The second kappa shape index (κ2) is 7.72. The maximum atomic E-state index is 11.9. The van der Waals surface area contributed by atoms with Gasteiger partial charge in [-0.1, -0.05) is 48.0 Å². The Bertz CT molecular complexity index is 874. The molecule has 25 heavy (non-hydrogen) atoms. The highest BCUT2D eigenvalue weighted by Crippen LogP contribution is 2.33. The zero-order valence-corrected chi connectivity index (χ0v) is 15.2. The van der Waals surface area contributed by atoms with Crippen molar-refractivity contribution in [2.24, 2.45) is 0 Å². The zero-order valence-electron chi connectivity index (χ0n) is 14.4. The summed E-state index contributed by atoms with van der Waals surface area (Å²) < 4.78 is 0. The number of rotatable bonds is 6. The summed E-state index contributed by atoms with van der Waals surface area (Å²) in [7, 11) is 1.66. The average Bonchev–Trinajstić information content (AvgIpc) is 3.06. The van der Waals surface area contributed by atoms with Gasteiger partial charge in [0.15, 0.2) is 6.04 Å². The van der Waals surface area contributed by atoms with E-state index in [9.17, 15) is 4.79 Å². The zero-order chi connectivity index (χ0) is 17.8. The lowest BCUT2D eigenvalue weighted by Gasteiger charge is -2.19. The van der Waals surface area contributed by atoms with Crippen LogP contribution in [-0.4, -0.2) is 30.5 Å². The van der Waals surface area contributed by atoms with Crippen LogP contribution in [0.15, 0.2) is 54.7 Å². The number of amides is 1. The third-order valence-electron chi connectivity index (χ3n) is 4.66. The Morgan fingerprint density at radius 2 is 1.88 bits per heavy atom. The normalized spacial score (nSPS) is 13.6. The Balaban J connectivity index is 1.98. The Kier molecular flexibility index (Phi) is 5.41. The molecule has 0 radical (unpaired) electrons. The van der Waals surface area contributed by atoms with Crippen molar-refractivity contribution in [2.45, 2.75) is 18.9 Å². The van der Waals surface area contributed by atoms with Crippen LogP contribution in [0.5, 0.6) is 0 Å². The van der Waals surface area contributed by atoms with Crippen molar-refractivity contribution in [1.82, 2.24) is 10.3 Å². The molecule has 2 aromatic carbocycles. The van der Waals surface area contributed by atoms with E-state index in [2.05, 4.69) is 40.0 Å². The van der Waals surface area contributed by atoms with E-state index in [-0.39, 0.29) is 17.9 Å². The van der Waals surface area contributed by atoms with Crippen molar-refractivity contribution in [3.63, 3.8) is 0 Å². The van der Waals surface area contributed by atoms with E-state index < -0.39 is 0 Å². The summed E-state index contributed by atoms with van der Waals surface area (Å²) in [5, 5.41) is 6.70. The van der Waals surface area contributed by atoms with Gasteiger partial charge in [-0.05, 0) is 30.2 Å². The minimum absolute atomic E-state index is 0.0248. The minimum atomic E-state index is -0.153. The number of benzene rings is 2. The molecule has 5 heteroatoms. The third kappa shape index (κ3) is 3.70. The Morgan fingerprint density at radius 3 is 2.64 bits per heavy atom. The monoisotopic (exact) mass is 356 g/mol. The van der Waals surface area contributed by atoms with Gasteiger partial charge in [-0.2, -0.15) is 0 Å². The molecule has 0 saturated heterocycles. The summed E-state index contributed by atoms with van der Waals surface area (Å²) in [6.45, 7) is 2.65. The maximum absolute atomic E-state index is 11.9. The number of para-hydroxylation sites is 1. The number of carbonyl (C=O) groups excluding carboxylic acids is 1. The number of hydrogen-bond donors (Lipinski definition) is 3. The third-order valence-corrected chi connectivity index (χ3v) is 5.01. The summed E-state index contributed by atoms with van der Waals surface area (Å²) in [5.41, 5.74) is 3.38. The van der Waals surface area contributed by atoms with Gasteiger partial charge in [0.25, 0.3) is 5.91 Å². The molecule has 2 atom stereocenters. The van der Waals surface area contributed by atoms with Crippen LogP contribution in [0.1, 0.15) is 24.0 Å². The molecule has 1 aromatic heterocycles. The first-order valence-corrected chi connectivity index (χ1v) is 8.85. The van der Waals surface area contributed by atoms with Crippen LogP contribution in [0.2, 0.25) is 5.02 Å². The largest absolute Gasteiger partial charge is 0.361 e. The number of nitrogens with two attached hydrogens (primary N) is 1. The molecule has 0 aliphatic rings. The predicted octanol–water partition coefficient (Wildman–Crippen LogP) is 2.65. The number of hydrogen-bond acceptors (Lipinski definition) is 1. The number of aromatic nitrogens is 1. The SMILES string of the molecule is CNC(=O)[C@H](C)[NH2+]C[C@@H](c1ccccc1Cl)c1c[nH]c2ccccc12. The van der Waals surface area contributed by atoms with Gasteiger partial charge in [0.05, 0.1) is 12.5 Å². The van der Waals surface area contributed by atoms with Crippen LogP contribution in [-0.2, 0) is 4.79 Å². The summed E-state index contributed by atoms with van der Waals surface area (Å²) in [6.07, 6.45) is 2.05. The van der Waals surface area contributed by atoms with E-state index in [1.165, 1.54) is 10.9 Å². The van der Waals surface area contributed by atoms with E-state index in [1.54, 1.807) is 7.05 Å². The lowest BCUT2D eigenvalue weighted by Crippen LogP contribution is -2.92. The van der Waals surface area contributed by atoms with E-state index >= 15 is 0 Å². The standard InChI is InChI=1S/C20H22ClN3O/c1-13(20(25)22-2)23-11-16(14-7-3-5-9-18(14)21)17-12-24-19-10-6-4-8-15(17)19/h3-10,12-13,16,23-24H,11H2,1-2H3,(H,22,25)/p+1/t13-,16-/m0/s1. The van der Waals surface area contributed by atoms with Gasteiger partial charge in [0.2, 0.25) is 0 Å². The first-order valence-electron chi connectivity index (χ1n) is 8.47. The molecule has 0 aliphatic carbocycles. The van der Waals surface area contributed by atoms with Gasteiger partial charge < -0.3 is 15.6 Å². The van der Waals surface area contributed by atoms with Crippen LogP contribution in [0.25, 0.3) is 10.9 Å². The molecule has 4 N–H and O–H groups in total. The second-order valence-corrected chi connectivity index (χ2v) is 6.65. The highest BCUT2D eigenvalue weighted by Gasteiger charge is 2.24. The van der Waals surface area contributed by atoms with Crippen molar-refractivity contribution >= 4 is 28.4 Å². The van der Waals surface area contributed by atoms with Crippen molar-refractivity contribution < 1.29 is 10.1 Å². The number of halogens is 1.